The Kier molecular flexibility index (Phi) is 6.15. The Bertz CT molecular complexity index is 1410. The lowest BCUT2D eigenvalue weighted by atomic mass is 9.87. The summed E-state index contributed by atoms with van der Waals surface area (Å²) in [6.07, 6.45) is 0. The Hall–Kier alpha value is -2.98. The molecule has 0 saturated carbocycles. The van der Waals surface area contributed by atoms with Gasteiger partial charge in [-0.2, -0.15) is 4.31 Å². The van der Waals surface area contributed by atoms with Crippen molar-refractivity contribution in [1.82, 2.24) is 0 Å². The fraction of sp³-hybridized carbons (Fsp3) is 0.174. The first kappa shape index (κ1) is 24.2. The highest BCUT2D eigenvalue weighted by atomic mass is 35.5. The van der Waals surface area contributed by atoms with E-state index in [2.05, 4.69) is 0 Å². The van der Waals surface area contributed by atoms with Gasteiger partial charge in [0.25, 0.3) is 15.9 Å². The Morgan fingerprint density at radius 2 is 1.53 bits per heavy atom. The average Bonchev–Trinajstić information content (AvgIpc) is 3.05. The number of nitrogens with zero attached hydrogens (tertiary/aromatic N) is 1. The summed E-state index contributed by atoms with van der Waals surface area (Å²) in [5.41, 5.74) is -2.63. The molecule has 11 heteroatoms. The maximum absolute atomic E-state index is 13.8. The van der Waals surface area contributed by atoms with Gasteiger partial charge in [0.15, 0.2) is 5.60 Å². The molecule has 0 aromatic heterocycles. The van der Waals surface area contributed by atoms with Crippen LogP contribution in [0.25, 0.3) is 0 Å². The van der Waals surface area contributed by atoms with Gasteiger partial charge in [0.1, 0.15) is 22.1 Å². The van der Waals surface area contributed by atoms with Gasteiger partial charge < -0.3 is 19.3 Å². The number of benzene rings is 3. The summed E-state index contributed by atoms with van der Waals surface area (Å²) in [6, 6.07) is 12.7. The molecule has 0 radical (unpaired) electrons. The van der Waals surface area contributed by atoms with Crippen molar-refractivity contribution in [3.8, 4) is 17.2 Å². The second-order valence-electron chi connectivity index (χ2n) is 7.29. The Balaban J connectivity index is 2.02. The predicted octanol–water partition coefficient (Wildman–Crippen LogP) is 3.99. The Morgan fingerprint density at radius 1 is 0.853 bits per heavy atom. The van der Waals surface area contributed by atoms with E-state index >= 15 is 0 Å². The van der Waals surface area contributed by atoms with Crippen molar-refractivity contribution < 1.29 is 32.5 Å². The lowest BCUT2D eigenvalue weighted by Crippen LogP contribution is -2.44. The molecule has 1 atom stereocenters. The molecule has 1 heterocycles. The van der Waals surface area contributed by atoms with Crippen LogP contribution < -0.4 is 18.5 Å². The number of carbonyl (C=O) groups is 1. The molecule has 3 aromatic rings. The smallest absolute Gasteiger partial charge is 0.282 e. The number of hydrogen-bond acceptors (Lipinski definition) is 7. The monoisotopic (exact) mass is 523 g/mol. The van der Waals surface area contributed by atoms with Crippen molar-refractivity contribution in [3.05, 3.63) is 75.8 Å². The number of rotatable bonds is 6. The molecule has 1 N–H and O–H groups in total. The van der Waals surface area contributed by atoms with Crippen LogP contribution in [0.1, 0.15) is 11.1 Å². The van der Waals surface area contributed by atoms with E-state index in [1.807, 2.05) is 0 Å². The van der Waals surface area contributed by atoms with Gasteiger partial charge in [-0.1, -0.05) is 41.4 Å². The lowest BCUT2D eigenvalue weighted by Gasteiger charge is -2.24. The second kappa shape index (κ2) is 8.66. The number of sulfonamides is 1. The van der Waals surface area contributed by atoms with Crippen molar-refractivity contribution >= 4 is 44.8 Å². The summed E-state index contributed by atoms with van der Waals surface area (Å²) < 4.78 is 43.8. The van der Waals surface area contributed by atoms with Crippen molar-refractivity contribution in [2.45, 2.75) is 10.5 Å². The zero-order valence-electron chi connectivity index (χ0n) is 18.2. The van der Waals surface area contributed by atoms with E-state index in [1.165, 1.54) is 63.8 Å². The third kappa shape index (κ3) is 3.47. The summed E-state index contributed by atoms with van der Waals surface area (Å²) in [6.45, 7) is 0. The van der Waals surface area contributed by atoms with Crippen LogP contribution in [0, 0.1) is 0 Å². The van der Waals surface area contributed by atoms with Crippen molar-refractivity contribution in [3.63, 3.8) is 0 Å². The number of amides is 1. The third-order valence-electron chi connectivity index (χ3n) is 5.53. The van der Waals surface area contributed by atoms with Gasteiger partial charge in [-0.3, -0.25) is 4.79 Å². The topological polar surface area (TPSA) is 102 Å². The molecule has 1 aliphatic rings. The molecule has 1 aliphatic heterocycles. The third-order valence-corrected chi connectivity index (χ3v) is 7.89. The van der Waals surface area contributed by atoms with Crippen molar-refractivity contribution in [2.24, 2.45) is 0 Å². The van der Waals surface area contributed by atoms with Crippen LogP contribution in [0.3, 0.4) is 0 Å². The van der Waals surface area contributed by atoms with Crippen LogP contribution in [0.4, 0.5) is 5.69 Å². The zero-order chi connectivity index (χ0) is 24.8. The largest absolute Gasteiger partial charge is 0.497 e. The molecule has 1 unspecified atom stereocenters. The number of hydrogen-bond donors (Lipinski definition) is 1. The van der Waals surface area contributed by atoms with Crippen LogP contribution in [-0.4, -0.2) is 40.8 Å². The lowest BCUT2D eigenvalue weighted by molar-refractivity contribution is -0.131. The van der Waals surface area contributed by atoms with Gasteiger partial charge in [0.05, 0.1) is 32.0 Å². The van der Waals surface area contributed by atoms with E-state index < -0.39 is 21.5 Å². The molecular formula is C23H19Cl2NO7S. The molecule has 0 aliphatic carbocycles. The summed E-state index contributed by atoms with van der Waals surface area (Å²) in [5, 5.41) is 11.9. The van der Waals surface area contributed by atoms with E-state index in [-0.39, 0.29) is 43.3 Å². The number of carbonyl (C=O) groups excluding carboxylic acids is 1. The van der Waals surface area contributed by atoms with E-state index in [9.17, 15) is 18.3 Å². The molecule has 178 valence electrons. The zero-order valence-corrected chi connectivity index (χ0v) is 20.5. The molecule has 0 fully saturated rings. The number of fused-ring (bicyclic) bond motifs is 1. The van der Waals surface area contributed by atoms with Gasteiger partial charge in [-0.05, 0) is 24.3 Å². The maximum Gasteiger partial charge on any atom is 0.282 e. The van der Waals surface area contributed by atoms with Gasteiger partial charge in [-0.25, -0.2) is 8.42 Å². The molecule has 8 nitrogen and oxygen atoms in total. The predicted molar refractivity (Wildman–Crippen MR) is 127 cm³/mol. The Labute approximate surface area is 206 Å². The van der Waals surface area contributed by atoms with Gasteiger partial charge in [0.2, 0.25) is 0 Å². The minimum absolute atomic E-state index is 0.00328. The summed E-state index contributed by atoms with van der Waals surface area (Å²) in [4.78, 5) is 13.5. The summed E-state index contributed by atoms with van der Waals surface area (Å²) in [7, 11) is -0.546. The molecule has 34 heavy (non-hydrogen) atoms. The van der Waals surface area contributed by atoms with E-state index in [4.69, 9.17) is 37.4 Å². The van der Waals surface area contributed by atoms with Gasteiger partial charge >= 0.3 is 0 Å². The normalized spacial score (nSPS) is 17.5. The van der Waals surface area contributed by atoms with Gasteiger partial charge in [0, 0.05) is 28.3 Å². The standard InChI is InChI=1S/C23H19Cl2NO7S/c1-31-13-8-9-21(20(10-13)33-3)34(29,30)26-18-12-19(32-2)17(25)11-15(18)23(28,22(26)27)14-6-4-5-7-16(14)24/h4-12,28H,1-3H3. The number of halogens is 2. The number of methoxy groups -OCH3 is 3. The summed E-state index contributed by atoms with van der Waals surface area (Å²) in [5.74, 6) is -0.746. The molecule has 1 amide bonds. The molecule has 0 spiro atoms. The molecule has 4 rings (SSSR count). The maximum atomic E-state index is 13.8. The van der Waals surface area contributed by atoms with Crippen molar-refractivity contribution in [1.29, 1.82) is 0 Å². The molecule has 3 aromatic carbocycles. The molecule has 0 bridgehead atoms. The van der Waals surface area contributed by atoms with Gasteiger partial charge in [-0.15, -0.1) is 0 Å². The molecule has 0 saturated heterocycles. The average molecular weight is 524 g/mol. The van der Waals surface area contributed by atoms with Crippen LogP contribution in [0.15, 0.2) is 59.5 Å². The minimum atomic E-state index is -4.60. The first-order valence-corrected chi connectivity index (χ1v) is 12.0. The quantitative estimate of drug-likeness (QED) is 0.520. The minimum Gasteiger partial charge on any atom is -0.497 e. The molecular weight excluding hydrogens is 505 g/mol. The first-order valence-electron chi connectivity index (χ1n) is 9.78. The number of ether oxygens (including phenoxy) is 3. The van der Waals surface area contributed by atoms with Crippen LogP contribution in [-0.2, 0) is 20.4 Å². The van der Waals surface area contributed by atoms with Crippen molar-refractivity contribution in [2.75, 3.05) is 25.6 Å². The Morgan fingerprint density at radius 3 is 2.15 bits per heavy atom. The first-order chi connectivity index (χ1) is 16.1. The SMILES string of the molecule is COc1ccc(S(=O)(=O)N2C(=O)C(O)(c3ccccc3Cl)c3cc(Cl)c(OC)cc32)c(OC)c1. The fourth-order valence-electron chi connectivity index (χ4n) is 3.87. The van der Waals surface area contributed by atoms with E-state index in [1.54, 1.807) is 12.1 Å². The van der Waals surface area contributed by atoms with E-state index in [0.29, 0.717) is 10.1 Å². The highest BCUT2D eigenvalue weighted by molar-refractivity contribution is 7.93. The highest BCUT2D eigenvalue weighted by Crippen LogP contribution is 2.51. The summed E-state index contributed by atoms with van der Waals surface area (Å²) >= 11 is 12.6. The fourth-order valence-corrected chi connectivity index (χ4v) is 5.98. The highest BCUT2D eigenvalue weighted by Gasteiger charge is 2.56. The van der Waals surface area contributed by atoms with Crippen LogP contribution in [0.2, 0.25) is 10.0 Å². The second-order valence-corrected chi connectivity index (χ2v) is 9.86. The number of aliphatic hydroxyl groups is 1. The van der Waals surface area contributed by atoms with Crippen LogP contribution in [0.5, 0.6) is 17.2 Å². The van der Waals surface area contributed by atoms with E-state index in [0.717, 1.165) is 0 Å². The van der Waals surface area contributed by atoms with Crippen LogP contribution >= 0.6 is 23.2 Å². The number of anilines is 1.